The summed E-state index contributed by atoms with van der Waals surface area (Å²) in [5.41, 5.74) is 3.48. The van der Waals surface area contributed by atoms with Crippen molar-refractivity contribution in [3.05, 3.63) is 59.0 Å². The van der Waals surface area contributed by atoms with Gasteiger partial charge in [0.2, 0.25) is 0 Å². The van der Waals surface area contributed by atoms with E-state index in [-0.39, 0.29) is 24.4 Å². The zero-order valence-electron chi connectivity index (χ0n) is 16.8. The zero-order chi connectivity index (χ0) is 18.7. The molecule has 0 N–H and O–H groups in total. The summed E-state index contributed by atoms with van der Waals surface area (Å²) >= 11 is 0. The molecule has 1 fully saturated rings. The van der Waals surface area contributed by atoms with Crippen molar-refractivity contribution in [3.8, 4) is 0 Å². The molecule has 0 radical (unpaired) electrons. The summed E-state index contributed by atoms with van der Waals surface area (Å²) in [4.78, 5) is 17.3. The Bertz CT molecular complexity index is 758. The van der Waals surface area contributed by atoms with Crippen LogP contribution in [-0.2, 0) is 6.42 Å². The van der Waals surface area contributed by atoms with Gasteiger partial charge in [0.1, 0.15) is 12.0 Å². The van der Waals surface area contributed by atoms with Gasteiger partial charge >= 0.3 is 0 Å². The van der Waals surface area contributed by atoms with Gasteiger partial charge in [0.05, 0.1) is 5.56 Å². The number of carbonyl (C=O) groups excluding carboxylic acids is 1. The van der Waals surface area contributed by atoms with Crippen LogP contribution in [-0.4, -0.2) is 47.4 Å². The Morgan fingerprint density at radius 2 is 1.89 bits per heavy atom. The van der Waals surface area contributed by atoms with E-state index in [9.17, 15) is 4.79 Å². The molecule has 4 nitrogen and oxygen atoms in total. The molecule has 27 heavy (non-hydrogen) atoms. The lowest BCUT2D eigenvalue weighted by atomic mass is 10.0. The molecule has 3 rings (SSSR count). The highest BCUT2D eigenvalue weighted by molar-refractivity contribution is 5.94. The van der Waals surface area contributed by atoms with E-state index >= 15 is 0 Å². The molecule has 1 saturated heterocycles. The number of nitrogens with zero attached hydrogens (tertiary/aromatic N) is 2. The third kappa shape index (κ3) is 5.14. The summed E-state index contributed by atoms with van der Waals surface area (Å²) in [5.74, 6) is 0.865. The molecule has 2 unspecified atom stereocenters. The first-order valence-electron chi connectivity index (χ1n) is 9.60. The molecule has 0 bridgehead atoms. The van der Waals surface area contributed by atoms with Crippen molar-refractivity contribution in [2.24, 2.45) is 0 Å². The van der Waals surface area contributed by atoms with Crippen LogP contribution in [0.5, 0.6) is 0 Å². The first kappa shape index (κ1) is 21.5. The summed E-state index contributed by atoms with van der Waals surface area (Å²) in [6, 6.07) is 11.0. The number of halogens is 1. The predicted molar refractivity (Wildman–Crippen MR) is 112 cm³/mol. The van der Waals surface area contributed by atoms with Crippen LogP contribution in [0.4, 0.5) is 0 Å². The fourth-order valence-electron chi connectivity index (χ4n) is 3.88. The van der Waals surface area contributed by atoms with Crippen LogP contribution in [0.25, 0.3) is 0 Å². The van der Waals surface area contributed by atoms with E-state index in [2.05, 4.69) is 49.9 Å². The van der Waals surface area contributed by atoms with Gasteiger partial charge in [-0.2, -0.15) is 0 Å². The second-order valence-corrected chi connectivity index (χ2v) is 7.63. The van der Waals surface area contributed by atoms with Crippen molar-refractivity contribution in [2.75, 3.05) is 19.6 Å². The highest BCUT2D eigenvalue weighted by atomic mass is 35.5. The lowest BCUT2D eigenvalue weighted by Gasteiger charge is -2.44. The number of hydrogen-bond acceptors (Lipinski definition) is 3. The Morgan fingerprint density at radius 1 is 1.15 bits per heavy atom. The van der Waals surface area contributed by atoms with Crippen LogP contribution in [0.2, 0.25) is 0 Å². The summed E-state index contributed by atoms with van der Waals surface area (Å²) in [6.45, 7) is 11.2. The molecule has 2 heterocycles. The average Bonchev–Trinajstić information content (AvgIpc) is 3.05. The van der Waals surface area contributed by atoms with Crippen molar-refractivity contribution in [2.45, 2.75) is 52.6 Å². The van der Waals surface area contributed by atoms with Gasteiger partial charge in [-0.1, -0.05) is 24.3 Å². The lowest BCUT2D eigenvalue weighted by molar-refractivity contribution is 0.0314. The molecule has 0 aliphatic carbocycles. The molecule has 1 aliphatic rings. The van der Waals surface area contributed by atoms with Gasteiger partial charge in [0.25, 0.3) is 5.91 Å². The van der Waals surface area contributed by atoms with Crippen LogP contribution in [0.3, 0.4) is 0 Å². The van der Waals surface area contributed by atoms with E-state index in [1.165, 1.54) is 11.1 Å². The van der Waals surface area contributed by atoms with E-state index in [1.54, 1.807) is 6.26 Å². The van der Waals surface area contributed by atoms with Crippen LogP contribution in [0, 0.1) is 13.8 Å². The van der Waals surface area contributed by atoms with E-state index in [0.717, 1.165) is 38.2 Å². The molecule has 2 atom stereocenters. The smallest absolute Gasteiger partial charge is 0.257 e. The molecule has 1 aromatic carbocycles. The number of piperazine rings is 1. The fourth-order valence-corrected chi connectivity index (χ4v) is 3.88. The second-order valence-electron chi connectivity index (χ2n) is 7.63. The van der Waals surface area contributed by atoms with E-state index in [4.69, 9.17) is 4.42 Å². The molecule has 1 aromatic heterocycles. The van der Waals surface area contributed by atoms with Crippen molar-refractivity contribution in [1.82, 2.24) is 9.80 Å². The van der Waals surface area contributed by atoms with Crippen LogP contribution >= 0.6 is 12.4 Å². The summed E-state index contributed by atoms with van der Waals surface area (Å²) in [7, 11) is 0. The van der Waals surface area contributed by atoms with Gasteiger partial charge in [0, 0.05) is 25.2 Å². The first-order chi connectivity index (χ1) is 12.5. The monoisotopic (exact) mass is 390 g/mol. The molecular weight excluding hydrogens is 360 g/mol. The van der Waals surface area contributed by atoms with E-state index < -0.39 is 0 Å². The van der Waals surface area contributed by atoms with Gasteiger partial charge in [-0.05, 0) is 64.3 Å². The molecule has 1 aliphatic heterocycles. The maximum Gasteiger partial charge on any atom is 0.257 e. The lowest BCUT2D eigenvalue weighted by Crippen LogP contribution is -2.58. The predicted octanol–water partition coefficient (Wildman–Crippen LogP) is 4.49. The van der Waals surface area contributed by atoms with Crippen molar-refractivity contribution >= 4 is 18.3 Å². The summed E-state index contributed by atoms with van der Waals surface area (Å²) in [5, 5.41) is 0. The van der Waals surface area contributed by atoms with E-state index in [1.807, 2.05) is 17.9 Å². The third-order valence-electron chi connectivity index (χ3n) is 5.51. The molecular formula is C22H31ClN2O2. The highest BCUT2D eigenvalue weighted by Gasteiger charge is 2.32. The highest BCUT2D eigenvalue weighted by Crippen LogP contribution is 2.20. The Kier molecular flexibility index (Phi) is 7.51. The van der Waals surface area contributed by atoms with Crippen molar-refractivity contribution in [1.29, 1.82) is 0 Å². The maximum absolute atomic E-state index is 12.8. The minimum atomic E-state index is 0. The van der Waals surface area contributed by atoms with Crippen molar-refractivity contribution in [3.63, 3.8) is 0 Å². The maximum atomic E-state index is 12.8. The number of rotatable bonds is 5. The summed E-state index contributed by atoms with van der Waals surface area (Å²) in [6.07, 6.45) is 3.83. The SMILES string of the molecule is Cc1cc(C(=O)N2CC(C)N(CCCc3ccccc3C)CC2C)co1.Cl. The molecule has 148 valence electrons. The normalized spacial score (nSPS) is 20.4. The van der Waals surface area contributed by atoms with Gasteiger partial charge in [-0.3, -0.25) is 9.69 Å². The third-order valence-corrected chi connectivity index (χ3v) is 5.51. The van der Waals surface area contributed by atoms with Crippen molar-refractivity contribution < 1.29 is 9.21 Å². The first-order valence-corrected chi connectivity index (χ1v) is 9.60. The van der Waals surface area contributed by atoms with Crippen LogP contribution < -0.4 is 0 Å². The second kappa shape index (κ2) is 9.43. The molecule has 2 aromatic rings. The van der Waals surface area contributed by atoms with Gasteiger partial charge in [0.15, 0.2) is 0 Å². The number of furan rings is 1. The standard InChI is InChI=1S/C22H30N2O2.ClH/c1-16-8-5-6-9-20(16)10-7-11-23-13-18(3)24(14-17(23)2)22(25)21-12-19(4)26-15-21;/h5-6,8-9,12,15,17-18H,7,10-11,13-14H2,1-4H3;1H. The quantitative estimate of drug-likeness (QED) is 0.754. The number of carbonyl (C=O) groups is 1. The van der Waals surface area contributed by atoms with Crippen LogP contribution in [0.15, 0.2) is 41.0 Å². The number of amides is 1. The van der Waals surface area contributed by atoms with Gasteiger partial charge in [-0.25, -0.2) is 0 Å². The molecule has 0 saturated carbocycles. The Hall–Kier alpha value is -1.78. The topological polar surface area (TPSA) is 36.7 Å². The van der Waals surface area contributed by atoms with Gasteiger partial charge < -0.3 is 9.32 Å². The van der Waals surface area contributed by atoms with Crippen LogP contribution in [0.1, 0.15) is 47.5 Å². The number of aryl methyl sites for hydroxylation is 3. The molecule has 1 amide bonds. The van der Waals surface area contributed by atoms with Gasteiger partial charge in [-0.15, -0.1) is 12.4 Å². The van der Waals surface area contributed by atoms with E-state index in [0.29, 0.717) is 11.6 Å². The Balaban J connectivity index is 0.00000261. The largest absolute Gasteiger partial charge is 0.469 e. The average molecular weight is 391 g/mol. The number of hydrogen-bond donors (Lipinski definition) is 0. The zero-order valence-corrected chi connectivity index (χ0v) is 17.6. The number of benzene rings is 1. The molecule has 0 spiro atoms. The minimum absolute atomic E-state index is 0. The Labute approximate surface area is 168 Å². The molecule has 5 heteroatoms. The Morgan fingerprint density at radius 3 is 2.56 bits per heavy atom. The summed E-state index contributed by atoms with van der Waals surface area (Å²) < 4.78 is 5.31. The fraction of sp³-hybridized carbons (Fsp3) is 0.500. The minimum Gasteiger partial charge on any atom is -0.469 e.